The van der Waals surface area contributed by atoms with Gasteiger partial charge in [-0.2, -0.15) is 0 Å². The van der Waals surface area contributed by atoms with Crippen LogP contribution in [0.2, 0.25) is 0 Å². The van der Waals surface area contributed by atoms with Crippen molar-refractivity contribution in [3.8, 4) is 0 Å². The summed E-state index contributed by atoms with van der Waals surface area (Å²) in [7, 11) is 0. The van der Waals surface area contributed by atoms with Gasteiger partial charge >= 0.3 is 0 Å². The molecule has 0 aliphatic carbocycles. The van der Waals surface area contributed by atoms with E-state index in [0.29, 0.717) is 19.1 Å². The van der Waals surface area contributed by atoms with E-state index in [1.807, 2.05) is 6.92 Å². The molecule has 4 heteroatoms. The molecule has 0 saturated carbocycles. The number of nitrogens with two attached hydrogens (primary N) is 1. The Balaban J connectivity index is 3.99. The van der Waals surface area contributed by atoms with Crippen LogP contribution in [-0.2, 0) is 4.79 Å². The highest BCUT2D eigenvalue weighted by Gasteiger charge is 2.13. The maximum absolute atomic E-state index is 11.6. The number of carbonyl (C=O) groups is 1. The van der Waals surface area contributed by atoms with Gasteiger partial charge in [-0.15, -0.1) is 0 Å². The quantitative estimate of drug-likeness (QED) is 0.653. The summed E-state index contributed by atoms with van der Waals surface area (Å²) in [5, 5.41) is 2.95. The number of amides is 1. The van der Waals surface area contributed by atoms with E-state index in [1.54, 1.807) is 0 Å². The van der Waals surface area contributed by atoms with E-state index in [9.17, 15) is 4.79 Å². The van der Waals surface area contributed by atoms with Crippen molar-refractivity contribution < 1.29 is 4.79 Å². The normalized spacial score (nSPS) is 13.3. The molecule has 0 spiro atoms. The topological polar surface area (TPSA) is 58.4 Å². The second-order valence-corrected chi connectivity index (χ2v) is 4.23. The molecule has 1 unspecified atom stereocenters. The van der Waals surface area contributed by atoms with Crippen molar-refractivity contribution in [3.05, 3.63) is 0 Å². The van der Waals surface area contributed by atoms with Gasteiger partial charge in [0.1, 0.15) is 0 Å². The maximum atomic E-state index is 11.6. The lowest BCUT2D eigenvalue weighted by atomic mass is 10.2. The lowest BCUT2D eigenvalue weighted by Gasteiger charge is -2.25. The molecule has 0 aromatic rings. The smallest absolute Gasteiger partial charge is 0.234 e. The van der Waals surface area contributed by atoms with E-state index < -0.39 is 0 Å². The van der Waals surface area contributed by atoms with Gasteiger partial charge in [0, 0.05) is 25.2 Å². The van der Waals surface area contributed by atoms with E-state index in [-0.39, 0.29) is 11.9 Å². The van der Waals surface area contributed by atoms with Gasteiger partial charge in [-0.25, -0.2) is 0 Å². The third kappa shape index (κ3) is 6.47. The van der Waals surface area contributed by atoms with Crippen LogP contribution in [0.4, 0.5) is 0 Å². The number of nitrogens with one attached hydrogen (secondary N) is 1. The highest BCUT2D eigenvalue weighted by atomic mass is 16.2. The largest absolute Gasteiger partial charge is 0.353 e. The fraction of sp³-hybridized carbons (Fsp3) is 0.909. The molecule has 90 valence electrons. The molecule has 0 rings (SSSR count). The first-order valence-corrected chi connectivity index (χ1v) is 5.74. The highest BCUT2D eigenvalue weighted by Crippen LogP contribution is 1.97. The lowest BCUT2D eigenvalue weighted by Crippen LogP contribution is -2.45. The van der Waals surface area contributed by atoms with Crippen LogP contribution in [0.5, 0.6) is 0 Å². The van der Waals surface area contributed by atoms with E-state index >= 15 is 0 Å². The van der Waals surface area contributed by atoms with Crippen molar-refractivity contribution in [1.82, 2.24) is 10.2 Å². The summed E-state index contributed by atoms with van der Waals surface area (Å²) in [5.41, 5.74) is 5.50. The summed E-state index contributed by atoms with van der Waals surface area (Å²) >= 11 is 0. The molecule has 0 bridgehead atoms. The molecule has 0 aliphatic heterocycles. The molecule has 0 fully saturated rings. The molecule has 0 radical (unpaired) electrons. The first-order chi connectivity index (χ1) is 7.01. The Morgan fingerprint density at radius 2 is 2.00 bits per heavy atom. The highest BCUT2D eigenvalue weighted by molar-refractivity contribution is 5.78. The molecule has 0 aromatic carbocycles. The van der Waals surface area contributed by atoms with Crippen LogP contribution in [0.15, 0.2) is 0 Å². The van der Waals surface area contributed by atoms with Crippen LogP contribution in [-0.4, -0.2) is 42.5 Å². The first kappa shape index (κ1) is 14.4. The van der Waals surface area contributed by atoms with E-state index in [2.05, 4.69) is 31.0 Å². The predicted octanol–water partition coefficient (Wildman–Crippen LogP) is 0.570. The van der Waals surface area contributed by atoms with Crippen LogP contribution in [0.25, 0.3) is 0 Å². The Bertz CT molecular complexity index is 183. The minimum Gasteiger partial charge on any atom is -0.353 e. The van der Waals surface area contributed by atoms with Gasteiger partial charge in [-0.1, -0.05) is 6.92 Å². The average Bonchev–Trinajstić information content (AvgIpc) is 2.16. The molecule has 0 aromatic heterocycles. The molecule has 0 aliphatic rings. The minimum atomic E-state index is 0.0894. The van der Waals surface area contributed by atoms with Gasteiger partial charge in [0.05, 0.1) is 6.54 Å². The van der Waals surface area contributed by atoms with Gasteiger partial charge < -0.3 is 11.1 Å². The van der Waals surface area contributed by atoms with E-state index in [4.69, 9.17) is 5.73 Å². The van der Waals surface area contributed by atoms with Crippen LogP contribution < -0.4 is 11.1 Å². The van der Waals surface area contributed by atoms with Crippen LogP contribution in [0.1, 0.15) is 34.1 Å². The fourth-order valence-corrected chi connectivity index (χ4v) is 1.29. The second kappa shape index (κ2) is 7.65. The fourth-order valence-electron chi connectivity index (χ4n) is 1.29. The van der Waals surface area contributed by atoms with Gasteiger partial charge in [-0.3, -0.25) is 9.69 Å². The number of rotatable bonds is 7. The van der Waals surface area contributed by atoms with Crippen LogP contribution in [0.3, 0.4) is 0 Å². The van der Waals surface area contributed by atoms with Crippen molar-refractivity contribution in [1.29, 1.82) is 0 Å². The molecular weight excluding hydrogens is 190 g/mol. The number of carbonyl (C=O) groups excluding carboxylic acids is 1. The molecule has 1 amide bonds. The number of nitrogens with zero attached hydrogens (tertiary/aromatic N) is 1. The average molecular weight is 215 g/mol. The van der Waals surface area contributed by atoms with Gasteiger partial charge in [-0.05, 0) is 27.2 Å². The first-order valence-electron chi connectivity index (χ1n) is 5.74. The third-order valence-corrected chi connectivity index (χ3v) is 2.51. The van der Waals surface area contributed by atoms with Crippen LogP contribution in [0, 0.1) is 0 Å². The van der Waals surface area contributed by atoms with Crippen molar-refractivity contribution >= 4 is 5.91 Å². The standard InChI is InChI=1S/C11H25N3O/c1-5-10(4)13-11(15)8-14(7-6-12)9(2)3/h9-10H,5-8,12H2,1-4H3,(H,13,15). The lowest BCUT2D eigenvalue weighted by molar-refractivity contribution is -0.123. The molecular formula is C11H25N3O. The molecule has 1 atom stereocenters. The van der Waals surface area contributed by atoms with Gasteiger partial charge in [0.2, 0.25) is 5.91 Å². The number of hydrogen-bond acceptors (Lipinski definition) is 3. The van der Waals surface area contributed by atoms with Crippen molar-refractivity contribution in [2.45, 2.75) is 46.2 Å². The zero-order valence-corrected chi connectivity index (χ0v) is 10.4. The maximum Gasteiger partial charge on any atom is 0.234 e. The zero-order valence-electron chi connectivity index (χ0n) is 10.4. The van der Waals surface area contributed by atoms with Crippen molar-refractivity contribution in [2.24, 2.45) is 5.73 Å². The van der Waals surface area contributed by atoms with Crippen LogP contribution >= 0.6 is 0 Å². The van der Waals surface area contributed by atoms with E-state index in [0.717, 1.165) is 13.0 Å². The summed E-state index contributed by atoms with van der Waals surface area (Å²) < 4.78 is 0. The SMILES string of the molecule is CCC(C)NC(=O)CN(CCN)C(C)C. The Labute approximate surface area is 93.2 Å². The molecule has 3 N–H and O–H groups in total. The summed E-state index contributed by atoms with van der Waals surface area (Å²) in [5.74, 6) is 0.0894. The zero-order chi connectivity index (χ0) is 11.8. The Kier molecular flexibility index (Phi) is 7.34. The molecule has 15 heavy (non-hydrogen) atoms. The molecule has 0 heterocycles. The summed E-state index contributed by atoms with van der Waals surface area (Å²) in [6.45, 7) is 10.0. The Morgan fingerprint density at radius 1 is 1.40 bits per heavy atom. The summed E-state index contributed by atoms with van der Waals surface area (Å²) in [6, 6.07) is 0.612. The van der Waals surface area contributed by atoms with E-state index in [1.165, 1.54) is 0 Å². The summed E-state index contributed by atoms with van der Waals surface area (Å²) in [4.78, 5) is 13.7. The molecule has 4 nitrogen and oxygen atoms in total. The Hall–Kier alpha value is -0.610. The van der Waals surface area contributed by atoms with Gasteiger partial charge in [0.25, 0.3) is 0 Å². The minimum absolute atomic E-state index is 0.0894. The second-order valence-electron chi connectivity index (χ2n) is 4.23. The van der Waals surface area contributed by atoms with Crippen molar-refractivity contribution in [3.63, 3.8) is 0 Å². The van der Waals surface area contributed by atoms with Crippen molar-refractivity contribution in [2.75, 3.05) is 19.6 Å². The van der Waals surface area contributed by atoms with Gasteiger partial charge in [0.15, 0.2) is 0 Å². The predicted molar refractivity (Wildman–Crippen MR) is 63.7 cm³/mol. The third-order valence-electron chi connectivity index (χ3n) is 2.51. The molecule has 0 saturated heterocycles. The Morgan fingerprint density at radius 3 is 2.40 bits per heavy atom. The number of hydrogen-bond donors (Lipinski definition) is 2. The summed E-state index contributed by atoms with van der Waals surface area (Å²) in [6.07, 6.45) is 0.963. The monoisotopic (exact) mass is 215 g/mol.